The lowest BCUT2D eigenvalue weighted by atomic mass is 9.80. The van der Waals surface area contributed by atoms with E-state index >= 15 is 0 Å². The van der Waals surface area contributed by atoms with E-state index in [0.717, 1.165) is 19.3 Å². The summed E-state index contributed by atoms with van der Waals surface area (Å²) < 4.78 is 2.40. The molecule has 0 amide bonds. The maximum atomic E-state index is 2.44. The summed E-state index contributed by atoms with van der Waals surface area (Å²) in [6, 6.07) is 50.1. The molecule has 0 saturated carbocycles. The van der Waals surface area contributed by atoms with Crippen LogP contribution < -0.4 is 0 Å². The molecule has 0 spiro atoms. The highest BCUT2D eigenvalue weighted by atomic mass is 15.0. The van der Waals surface area contributed by atoms with Gasteiger partial charge < -0.3 is 4.57 Å². The molecule has 0 radical (unpaired) electrons. The van der Waals surface area contributed by atoms with Gasteiger partial charge in [0.05, 0.1) is 11.0 Å². The molecule has 1 unspecified atom stereocenters. The Morgan fingerprint density at radius 1 is 0.592 bits per heavy atom. The Morgan fingerprint density at radius 3 is 2.12 bits per heavy atom. The molecular weight excluding hydrogens is 591 g/mol. The Balaban J connectivity index is 1.10. The minimum atomic E-state index is 0.594. The fraction of sp³-hybridized carbons (Fsp3) is 0.125. The Morgan fingerprint density at radius 2 is 1.33 bits per heavy atom. The maximum Gasteiger partial charge on any atom is 0.0541 e. The number of allylic oxidation sites excluding steroid dienone is 4. The highest BCUT2D eigenvalue weighted by molar-refractivity contribution is 6.17. The molecule has 0 N–H and O–H groups in total. The standard InChI is InChI=1S/C48H37N/c1-2-31-10-3-4-13-38(31)35-11-9-12-36(30-35)40-27-21-34-22-28-43-39(26-20-33-23-29-44(40)48(34)47(33)43)32-18-24-37(25-19-32)49-45-16-7-5-14-41(45)42-15-6-8-17-46(42)49/h3-9,11-22,24-28,30-31H,2,10,23,29H2,1H3. The highest BCUT2D eigenvalue weighted by Crippen LogP contribution is 2.44. The van der Waals surface area contributed by atoms with Crippen LogP contribution in [0.1, 0.15) is 36.5 Å². The molecule has 1 aromatic heterocycles. The van der Waals surface area contributed by atoms with E-state index in [4.69, 9.17) is 0 Å². The van der Waals surface area contributed by atoms with Crippen LogP contribution >= 0.6 is 0 Å². The molecule has 1 atom stereocenters. The van der Waals surface area contributed by atoms with E-state index in [1.165, 1.54) is 100.0 Å². The number of benzene rings is 7. The van der Waals surface area contributed by atoms with Gasteiger partial charge in [0.1, 0.15) is 0 Å². The minimum absolute atomic E-state index is 0.594. The zero-order valence-corrected chi connectivity index (χ0v) is 27.8. The molecule has 2 aliphatic carbocycles. The molecule has 1 heterocycles. The van der Waals surface area contributed by atoms with Crippen molar-refractivity contribution in [3.63, 3.8) is 0 Å². The molecule has 0 bridgehead atoms. The molecule has 1 heteroatoms. The van der Waals surface area contributed by atoms with Crippen molar-refractivity contribution >= 4 is 48.9 Å². The number of nitrogens with zero attached hydrogens (tertiary/aromatic N) is 1. The first-order valence-corrected chi connectivity index (χ1v) is 17.8. The summed E-state index contributed by atoms with van der Waals surface area (Å²) in [7, 11) is 0. The van der Waals surface area contributed by atoms with Crippen LogP contribution in [0.4, 0.5) is 0 Å². The average Bonchev–Trinajstić information content (AvgIpc) is 3.51. The third-order valence-electron chi connectivity index (χ3n) is 11.3. The lowest BCUT2D eigenvalue weighted by Gasteiger charge is -2.24. The van der Waals surface area contributed by atoms with Crippen molar-refractivity contribution in [1.29, 1.82) is 0 Å². The Bertz CT molecular complexity index is 2610. The first-order valence-electron chi connectivity index (χ1n) is 17.8. The summed E-state index contributed by atoms with van der Waals surface area (Å²) in [6.07, 6.45) is 11.3. The molecule has 0 aliphatic heterocycles. The summed E-state index contributed by atoms with van der Waals surface area (Å²) in [4.78, 5) is 0. The monoisotopic (exact) mass is 627 g/mol. The van der Waals surface area contributed by atoms with Crippen LogP contribution in [0.25, 0.3) is 76.9 Å². The molecule has 7 aromatic carbocycles. The first-order chi connectivity index (χ1) is 24.3. The fourth-order valence-electron chi connectivity index (χ4n) is 8.91. The van der Waals surface area contributed by atoms with Gasteiger partial charge in [-0.2, -0.15) is 0 Å². The van der Waals surface area contributed by atoms with Gasteiger partial charge >= 0.3 is 0 Å². The smallest absolute Gasteiger partial charge is 0.0541 e. The van der Waals surface area contributed by atoms with E-state index in [9.17, 15) is 0 Å². The normalized spacial score (nSPS) is 15.5. The molecular formula is C48H37N. The Kier molecular flexibility index (Phi) is 6.49. The van der Waals surface area contributed by atoms with Gasteiger partial charge in [0, 0.05) is 16.5 Å². The van der Waals surface area contributed by atoms with Crippen molar-refractivity contribution in [3.8, 4) is 27.9 Å². The second kappa shape index (κ2) is 11.2. The second-order valence-electron chi connectivity index (χ2n) is 13.8. The predicted octanol–water partition coefficient (Wildman–Crippen LogP) is 12.9. The molecule has 1 nitrogen and oxygen atoms in total. The number of aryl methyl sites for hydroxylation is 2. The zero-order chi connectivity index (χ0) is 32.5. The largest absolute Gasteiger partial charge is 0.309 e. The molecule has 10 rings (SSSR count). The molecule has 8 aromatic rings. The number of hydrogen-bond donors (Lipinski definition) is 0. The van der Waals surface area contributed by atoms with Gasteiger partial charge in [0.15, 0.2) is 0 Å². The number of aromatic nitrogens is 1. The molecule has 49 heavy (non-hydrogen) atoms. The SMILES string of the molecule is CCC1CC=CC=C1c1cccc(-c2ccc3ccc4c(-c5ccc(-n6c7ccccc7c7ccccc76)cc5)ccc5c4c3c2CC5)c1. The lowest BCUT2D eigenvalue weighted by molar-refractivity contribution is 0.652. The van der Waals surface area contributed by atoms with Crippen LogP contribution in [0.15, 0.2) is 152 Å². The van der Waals surface area contributed by atoms with Crippen molar-refractivity contribution < 1.29 is 0 Å². The summed E-state index contributed by atoms with van der Waals surface area (Å²) in [5, 5.41) is 8.16. The topological polar surface area (TPSA) is 4.93 Å². The summed E-state index contributed by atoms with van der Waals surface area (Å²) >= 11 is 0. The van der Waals surface area contributed by atoms with Gasteiger partial charge in [-0.1, -0.05) is 128 Å². The van der Waals surface area contributed by atoms with Crippen molar-refractivity contribution in [1.82, 2.24) is 4.57 Å². The van der Waals surface area contributed by atoms with Gasteiger partial charge in [-0.15, -0.1) is 0 Å². The quantitative estimate of drug-likeness (QED) is 0.167. The van der Waals surface area contributed by atoms with Gasteiger partial charge in [-0.05, 0) is 128 Å². The van der Waals surface area contributed by atoms with E-state index < -0.39 is 0 Å². The zero-order valence-electron chi connectivity index (χ0n) is 27.8. The Labute approximate surface area is 287 Å². The van der Waals surface area contributed by atoms with Crippen molar-refractivity contribution in [3.05, 3.63) is 168 Å². The highest BCUT2D eigenvalue weighted by Gasteiger charge is 2.22. The van der Waals surface area contributed by atoms with E-state index in [2.05, 4.69) is 163 Å². The molecule has 0 saturated heterocycles. The van der Waals surface area contributed by atoms with Crippen LogP contribution in [-0.4, -0.2) is 4.57 Å². The van der Waals surface area contributed by atoms with Crippen molar-refractivity contribution in [2.75, 3.05) is 0 Å². The summed E-state index contributed by atoms with van der Waals surface area (Å²) in [5.41, 5.74) is 14.7. The van der Waals surface area contributed by atoms with Crippen LogP contribution in [0.3, 0.4) is 0 Å². The lowest BCUT2D eigenvalue weighted by Crippen LogP contribution is -2.05. The van der Waals surface area contributed by atoms with E-state index in [0.29, 0.717) is 5.92 Å². The number of rotatable bonds is 5. The number of para-hydroxylation sites is 2. The van der Waals surface area contributed by atoms with Crippen molar-refractivity contribution in [2.45, 2.75) is 32.6 Å². The van der Waals surface area contributed by atoms with Crippen molar-refractivity contribution in [2.24, 2.45) is 5.92 Å². The number of fused-ring (bicyclic) bond motifs is 3. The van der Waals surface area contributed by atoms with Gasteiger partial charge in [0.25, 0.3) is 0 Å². The molecule has 2 aliphatic rings. The molecule has 234 valence electrons. The van der Waals surface area contributed by atoms with Crippen LogP contribution in [0.5, 0.6) is 0 Å². The van der Waals surface area contributed by atoms with Gasteiger partial charge in [0.2, 0.25) is 0 Å². The predicted molar refractivity (Wildman–Crippen MR) is 210 cm³/mol. The van der Waals surface area contributed by atoms with E-state index in [1.807, 2.05) is 0 Å². The summed E-state index contributed by atoms with van der Waals surface area (Å²) in [6.45, 7) is 2.31. The first kappa shape index (κ1) is 28.4. The summed E-state index contributed by atoms with van der Waals surface area (Å²) in [5.74, 6) is 0.594. The number of hydrogen-bond acceptors (Lipinski definition) is 0. The van der Waals surface area contributed by atoms with Crippen LogP contribution in [-0.2, 0) is 12.8 Å². The van der Waals surface area contributed by atoms with E-state index in [1.54, 1.807) is 0 Å². The maximum absolute atomic E-state index is 2.44. The Hall–Kier alpha value is -5.66. The van der Waals surface area contributed by atoms with Gasteiger partial charge in [-0.3, -0.25) is 0 Å². The third-order valence-corrected chi connectivity index (χ3v) is 11.3. The fourth-order valence-corrected chi connectivity index (χ4v) is 8.91. The van der Waals surface area contributed by atoms with Gasteiger partial charge in [-0.25, -0.2) is 0 Å². The third kappa shape index (κ3) is 4.39. The second-order valence-corrected chi connectivity index (χ2v) is 13.8. The molecule has 0 fully saturated rings. The van der Waals surface area contributed by atoms with Crippen LogP contribution in [0.2, 0.25) is 0 Å². The average molecular weight is 628 g/mol. The van der Waals surface area contributed by atoms with Crippen LogP contribution in [0, 0.1) is 5.92 Å². The minimum Gasteiger partial charge on any atom is -0.309 e. The van der Waals surface area contributed by atoms with E-state index in [-0.39, 0.29) is 0 Å².